The van der Waals surface area contributed by atoms with E-state index in [1.807, 2.05) is 42.9 Å². The van der Waals surface area contributed by atoms with Crippen LogP contribution >= 0.6 is 0 Å². The predicted octanol–water partition coefficient (Wildman–Crippen LogP) is 2.08. The van der Waals surface area contributed by atoms with Crippen LogP contribution in [0.15, 0.2) is 35.6 Å². The Bertz CT molecular complexity index is 782. The van der Waals surface area contributed by atoms with Gasteiger partial charge in [0.15, 0.2) is 5.65 Å². The molecule has 0 fully saturated rings. The summed E-state index contributed by atoms with van der Waals surface area (Å²) >= 11 is -1.10. The Balaban J connectivity index is 2.19. The first-order valence-corrected chi connectivity index (χ1v) is 7.71. The first kappa shape index (κ1) is 13.1. The van der Waals surface area contributed by atoms with Gasteiger partial charge in [-0.15, -0.1) is 0 Å². The van der Waals surface area contributed by atoms with Gasteiger partial charge in [-0.1, -0.05) is 0 Å². The molecular weight excluding hydrogens is 272 g/mol. The van der Waals surface area contributed by atoms with E-state index in [4.69, 9.17) is 0 Å². The second-order valence-corrected chi connectivity index (χ2v) is 6.01. The van der Waals surface area contributed by atoms with Crippen LogP contribution in [-0.2, 0) is 18.2 Å². The maximum Gasteiger partial charge on any atom is 0.244 e. The maximum atomic E-state index is 11.5. The van der Waals surface area contributed by atoms with Gasteiger partial charge in [0.05, 0.1) is 0 Å². The van der Waals surface area contributed by atoms with Gasteiger partial charge < -0.3 is 9.12 Å². The van der Waals surface area contributed by atoms with Crippen LogP contribution in [0.2, 0.25) is 0 Å². The molecule has 0 aromatic carbocycles. The minimum atomic E-state index is -1.10. The van der Waals surface area contributed by atoms with E-state index >= 15 is 0 Å². The first-order valence-electron chi connectivity index (χ1n) is 6.15. The SMILES string of the molecule is Cc1cnc2c(c1)nc(-c1ccnc([S+](C)[O-])c1)n2C. The third-order valence-electron chi connectivity index (χ3n) is 3.13. The van der Waals surface area contributed by atoms with Crippen LogP contribution in [0.4, 0.5) is 0 Å². The summed E-state index contributed by atoms with van der Waals surface area (Å²) in [6, 6.07) is 5.68. The van der Waals surface area contributed by atoms with Gasteiger partial charge in [-0.2, -0.15) is 0 Å². The lowest BCUT2D eigenvalue weighted by atomic mass is 10.2. The number of fused-ring (bicyclic) bond motifs is 1. The van der Waals surface area contributed by atoms with Gasteiger partial charge in [0.2, 0.25) is 5.03 Å². The predicted molar refractivity (Wildman–Crippen MR) is 78.8 cm³/mol. The fourth-order valence-electron chi connectivity index (χ4n) is 2.14. The molecule has 0 aliphatic carbocycles. The monoisotopic (exact) mass is 286 g/mol. The summed E-state index contributed by atoms with van der Waals surface area (Å²) in [5.74, 6) is 0.798. The summed E-state index contributed by atoms with van der Waals surface area (Å²) in [4.78, 5) is 13.1. The molecule has 3 aromatic rings. The lowest BCUT2D eigenvalue weighted by Crippen LogP contribution is -2.01. The summed E-state index contributed by atoms with van der Waals surface area (Å²) in [5, 5.41) is 0.554. The molecule has 0 radical (unpaired) electrons. The van der Waals surface area contributed by atoms with Crippen LogP contribution in [0.1, 0.15) is 5.56 Å². The molecule has 0 aliphatic heterocycles. The average molecular weight is 286 g/mol. The van der Waals surface area contributed by atoms with Crippen molar-refractivity contribution in [2.24, 2.45) is 7.05 Å². The zero-order chi connectivity index (χ0) is 14.3. The van der Waals surface area contributed by atoms with Gasteiger partial charge in [0.1, 0.15) is 17.6 Å². The van der Waals surface area contributed by atoms with Gasteiger partial charge in [-0.25, -0.2) is 15.0 Å². The zero-order valence-electron chi connectivity index (χ0n) is 11.5. The number of pyridine rings is 2. The quantitative estimate of drug-likeness (QED) is 0.676. The van der Waals surface area contributed by atoms with Crippen molar-refractivity contribution in [2.75, 3.05) is 6.26 Å². The highest BCUT2D eigenvalue weighted by atomic mass is 32.2. The summed E-state index contributed by atoms with van der Waals surface area (Å²) < 4.78 is 13.5. The standard InChI is InChI=1S/C14H14N4OS/c1-9-6-11-14(16-8-9)18(2)13(17-11)10-4-5-15-12(7-10)20(3)19/h4-8H,1-3H3. The maximum absolute atomic E-state index is 11.5. The molecule has 20 heavy (non-hydrogen) atoms. The summed E-state index contributed by atoms with van der Waals surface area (Å²) in [7, 11) is 1.93. The molecule has 0 spiro atoms. The summed E-state index contributed by atoms with van der Waals surface area (Å²) in [6.07, 6.45) is 5.10. The topological polar surface area (TPSA) is 66.7 Å². The largest absolute Gasteiger partial charge is 0.610 e. The fourth-order valence-corrected chi connectivity index (χ4v) is 2.64. The van der Waals surface area contributed by atoms with Crippen molar-refractivity contribution in [1.29, 1.82) is 0 Å². The molecule has 0 saturated carbocycles. The van der Waals surface area contributed by atoms with E-state index in [1.54, 1.807) is 12.5 Å². The Morgan fingerprint density at radius 2 is 2.05 bits per heavy atom. The molecule has 0 N–H and O–H groups in total. The molecule has 1 atom stereocenters. The lowest BCUT2D eigenvalue weighted by Gasteiger charge is -2.05. The summed E-state index contributed by atoms with van der Waals surface area (Å²) in [6.45, 7) is 1.99. The van der Waals surface area contributed by atoms with Gasteiger partial charge in [0, 0.05) is 42.2 Å². The van der Waals surface area contributed by atoms with Crippen molar-refractivity contribution in [3.05, 3.63) is 36.2 Å². The van der Waals surface area contributed by atoms with Crippen molar-refractivity contribution in [1.82, 2.24) is 19.5 Å². The molecule has 0 bridgehead atoms. The van der Waals surface area contributed by atoms with E-state index in [9.17, 15) is 4.55 Å². The number of imidazole rings is 1. The Morgan fingerprint density at radius 1 is 1.25 bits per heavy atom. The first-order chi connectivity index (χ1) is 9.56. The van der Waals surface area contributed by atoms with Crippen molar-refractivity contribution >= 4 is 22.3 Å². The van der Waals surface area contributed by atoms with Gasteiger partial charge in [-0.05, 0) is 24.6 Å². The van der Waals surface area contributed by atoms with E-state index < -0.39 is 11.2 Å². The normalized spacial score (nSPS) is 12.8. The van der Waals surface area contributed by atoms with Crippen LogP contribution in [0.25, 0.3) is 22.6 Å². The highest BCUT2D eigenvalue weighted by Crippen LogP contribution is 2.24. The van der Waals surface area contributed by atoms with Crippen molar-refractivity contribution in [3.8, 4) is 11.4 Å². The molecule has 3 rings (SSSR count). The van der Waals surface area contributed by atoms with Gasteiger partial charge in [0.25, 0.3) is 0 Å². The molecule has 0 aliphatic rings. The van der Waals surface area contributed by atoms with E-state index in [-0.39, 0.29) is 0 Å². The van der Waals surface area contributed by atoms with Crippen LogP contribution < -0.4 is 0 Å². The number of aryl methyl sites for hydroxylation is 2. The molecule has 5 nitrogen and oxygen atoms in total. The molecule has 0 amide bonds. The molecule has 3 aromatic heterocycles. The van der Waals surface area contributed by atoms with Crippen LogP contribution in [0, 0.1) is 6.92 Å². The molecule has 102 valence electrons. The van der Waals surface area contributed by atoms with Gasteiger partial charge >= 0.3 is 0 Å². The number of hydrogen-bond acceptors (Lipinski definition) is 4. The van der Waals surface area contributed by atoms with Crippen LogP contribution in [-0.4, -0.2) is 30.3 Å². The highest BCUT2D eigenvalue weighted by molar-refractivity contribution is 7.90. The second kappa shape index (κ2) is 4.88. The van der Waals surface area contributed by atoms with Crippen LogP contribution in [0.3, 0.4) is 0 Å². The number of hydrogen-bond donors (Lipinski definition) is 0. The van der Waals surface area contributed by atoms with E-state index in [2.05, 4.69) is 15.0 Å². The average Bonchev–Trinajstić information content (AvgIpc) is 2.75. The Morgan fingerprint density at radius 3 is 2.80 bits per heavy atom. The lowest BCUT2D eigenvalue weighted by molar-refractivity contribution is 0.597. The van der Waals surface area contributed by atoms with Crippen molar-refractivity contribution in [2.45, 2.75) is 11.9 Å². The van der Waals surface area contributed by atoms with E-state index in [0.29, 0.717) is 5.03 Å². The molecule has 1 unspecified atom stereocenters. The zero-order valence-corrected chi connectivity index (χ0v) is 12.3. The number of rotatable bonds is 2. The third kappa shape index (κ3) is 2.17. The minimum absolute atomic E-state index is 0.554. The Labute approximate surface area is 119 Å². The van der Waals surface area contributed by atoms with Crippen molar-refractivity contribution in [3.63, 3.8) is 0 Å². The van der Waals surface area contributed by atoms with Crippen molar-refractivity contribution < 1.29 is 4.55 Å². The van der Waals surface area contributed by atoms with E-state index in [0.717, 1.165) is 28.1 Å². The Hall–Kier alpha value is -1.92. The highest BCUT2D eigenvalue weighted by Gasteiger charge is 2.14. The third-order valence-corrected chi connectivity index (χ3v) is 3.95. The number of aromatic nitrogens is 4. The smallest absolute Gasteiger partial charge is 0.244 e. The number of nitrogens with zero attached hydrogens (tertiary/aromatic N) is 4. The molecule has 0 saturated heterocycles. The van der Waals surface area contributed by atoms with E-state index in [1.165, 1.54) is 0 Å². The van der Waals surface area contributed by atoms with Crippen LogP contribution in [0.5, 0.6) is 0 Å². The molecular formula is C14H14N4OS. The fraction of sp³-hybridized carbons (Fsp3) is 0.214. The summed E-state index contributed by atoms with van der Waals surface area (Å²) in [5.41, 5.74) is 3.66. The minimum Gasteiger partial charge on any atom is -0.610 e. The second-order valence-electron chi connectivity index (χ2n) is 4.69. The molecule has 3 heterocycles. The molecule has 6 heteroatoms. The van der Waals surface area contributed by atoms with Gasteiger partial charge in [-0.3, -0.25) is 0 Å². The Kier molecular flexibility index (Phi) is 3.19.